The lowest BCUT2D eigenvalue weighted by Crippen LogP contribution is -1.93. The number of pyridine rings is 1. The summed E-state index contributed by atoms with van der Waals surface area (Å²) >= 11 is 0. The topological polar surface area (TPSA) is 51.6 Å². The molecule has 0 amide bonds. The second-order valence-electron chi connectivity index (χ2n) is 6.12. The summed E-state index contributed by atoms with van der Waals surface area (Å²) in [5.74, 6) is 1.59. The molecule has 0 saturated heterocycles. The molecule has 0 radical (unpaired) electrons. The third-order valence-electron chi connectivity index (χ3n) is 4.66. The number of aromatic hydroxyl groups is 1. The Hall–Kier alpha value is -3.53. The number of benzene rings is 3. The number of rotatable bonds is 4. The predicted molar refractivity (Wildman–Crippen MR) is 107 cm³/mol. The molecule has 3 aromatic carbocycles. The van der Waals surface area contributed by atoms with Crippen molar-refractivity contribution < 1.29 is 14.6 Å². The average Bonchev–Trinajstić information content (AvgIpc) is 2.74. The number of methoxy groups -OCH3 is 2. The zero-order valence-electron chi connectivity index (χ0n) is 15.1. The van der Waals surface area contributed by atoms with Gasteiger partial charge in [0.25, 0.3) is 0 Å². The highest BCUT2D eigenvalue weighted by atomic mass is 16.5. The third kappa shape index (κ3) is 2.85. The number of phenolic OH excluding ortho intramolecular Hbond substituents is 1. The van der Waals surface area contributed by atoms with E-state index in [1.807, 2.05) is 66.7 Å². The van der Waals surface area contributed by atoms with Gasteiger partial charge in [-0.2, -0.15) is 0 Å². The van der Waals surface area contributed by atoms with Crippen LogP contribution in [0.3, 0.4) is 0 Å². The molecule has 27 heavy (non-hydrogen) atoms. The van der Waals surface area contributed by atoms with Gasteiger partial charge in [0.1, 0.15) is 22.8 Å². The van der Waals surface area contributed by atoms with E-state index in [9.17, 15) is 5.11 Å². The van der Waals surface area contributed by atoms with E-state index in [4.69, 9.17) is 9.47 Å². The van der Waals surface area contributed by atoms with E-state index in [1.165, 1.54) is 0 Å². The molecule has 134 valence electrons. The first kappa shape index (κ1) is 16.9. The van der Waals surface area contributed by atoms with E-state index < -0.39 is 0 Å². The quantitative estimate of drug-likeness (QED) is 0.539. The highest BCUT2D eigenvalue weighted by molar-refractivity contribution is 6.04. The zero-order valence-corrected chi connectivity index (χ0v) is 15.1. The van der Waals surface area contributed by atoms with Crippen LogP contribution in [0, 0.1) is 0 Å². The molecule has 0 unspecified atom stereocenters. The number of hydrogen-bond acceptors (Lipinski definition) is 4. The number of hydrogen-bond donors (Lipinski definition) is 1. The SMILES string of the molecule is COc1ccccc1-c1cc(-c2ccccc2OC)c2cccnc2c1O. The maximum atomic E-state index is 11.0. The van der Waals surface area contributed by atoms with Crippen molar-refractivity contribution in [3.8, 4) is 39.5 Å². The molecular formula is C23H19NO3. The van der Waals surface area contributed by atoms with Crippen LogP contribution in [-0.2, 0) is 0 Å². The van der Waals surface area contributed by atoms with Gasteiger partial charge >= 0.3 is 0 Å². The second kappa shape index (κ2) is 7.00. The van der Waals surface area contributed by atoms with Gasteiger partial charge in [-0.3, -0.25) is 4.98 Å². The lowest BCUT2D eigenvalue weighted by Gasteiger charge is -2.16. The van der Waals surface area contributed by atoms with Crippen LogP contribution in [0.15, 0.2) is 72.9 Å². The Balaban J connectivity index is 2.10. The maximum absolute atomic E-state index is 11.0. The summed E-state index contributed by atoms with van der Waals surface area (Å²) in [5, 5.41) is 11.8. The molecule has 0 saturated carbocycles. The Kier molecular flexibility index (Phi) is 4.38. The number of fused-ring (bicyclic) bond motifs is 1. The first-order valence-electron chi connectivity index (χ1n) is 8.62. The zero-order chi connectivity index (χ0) is 18.8. The first-order valence-corrected chi connectivity index (χ1v) is 8.62. The molecule has 1 heterocycles. The van der Waals surface area contributed by atoms with E-state index in [0.717, 1.165) is 27.8 Å². The van der Waals surface area contributed by atoms with Crippen LogP contribution >= 0.6 is 0 Å². The molecular weight excluding hydrogens is 338 g/mol. The fraction of sp³-hybridized carbons (Fsp3) is 0.0870. The van der Waals surface area contributed by atoms with Crippen LogP contribution in [-0.4, -0.2) is 24.3 Å². The number of phenols is 1. The molecule has 0 bridgehead atoms. The van der Waals surface area contributed by atoms with Crippen LogP contribution in [0.1, 0.15) is 0 Å². The minimum Gasteiger partial charge on any atom is -0.505 e. The highest BCUT2D eigenvalue weighted by Crippen LogP contribution is 2.45. The number of nitrogens with zero attached hydrogens (tertiary/aromatic N) is 1. The Morgan fingerprint density at radius 1 is 0.704 bits per heavy atom. The first-order chi connectivity index (χ1) is 13.2. The van der Waals surface area contributed by atoms with E-state index in [-0.39, 0.29) is 5.75 Å². The van der Waals surface area contributed by atoms with Crippen molar-refractivity contribution in [3.63, 3.8) is 0 Å². The van der Waals surface area contributed by atoms with Crippen LogP contribution in [0.4, 0.5) is 0 Å². The standard InChI is InChI=1S/C23H19NO3/c1-26-20-11-5-3-8-15(20)18-14-19(16-9-4-6-12-21(16)27-2)23(25)22-17(18)10-7-13-24-22/h3-14,25H,1-2H3. The molecule has 4 nitrogen and oxygen atoms in total. The van der Waals surface area contributed by atoms with E-state index in [0.29, 0.717) is 16.8 Å². The molecule has 0 aliphatic carbocycles. The molecule has 0 aliphatic heterocycles. The average molecular weight is 357 g/mol. The third-order valence-corrected chi connectivity index (χ3v) is 4.66. The van der Waals surface area contributed by atoms with Crippen molar-refractivity contribution in [1.82, 2.24) is 4.98 Å². The lowest BCUT2D eigenvalue weighted by molar-refractivity contribution is 0.416. The number of aromatic nitrogens is 1. The normalized spacial score (nSPS) is 10.7. The predicted octanol–water partition coefficient (Wildman–Crippen LogP) is 5.29. The van der Waals surface area contributed by atoms with E-state index >= 15 is 0 Å². The summed E-state index contributed by atoms with van der Waals surface area (Å²) in [7, 11) is 3.27. The second-order valence-corrected chi connectivity index (χ2v) is 6.12. The number of ether oxygens (including phenoxy) is 2. The molecule has 4 aromatic rings. The Morgan fingerprint density at radius 3 is 1.93 bits per heavy atom. The molecule has 0 aliphatic rings. The molecule has 4 heteroatoms. The van der Waals surface area contributed by atoms with Gasteiger partial charge in [0.15, 0.2) is 0 Å². The van der Waals surface area contributed by atoms with Gasteiger partial charge in [-0.25, -0.2) is 0 Å². The van der Waals surface area contributed by atoms with Gasteiger partial charge in [0.2, 0.25) is 0 Å². The fourth-order valence-corrected chi connectivity index (χ4v) is 3.39. The van der Waals surface area contributed by atoms with E-state index in [1.54, 1.807) is 20.4 Å². The van der Waals surface area contributed by atoms with Gasteiger partial charge in [-0.05, 0) is 29.8 Å². The van der Waals surface area contributed by atoms with Crippen molar-refractivity contribution in [2.45, 2.75) is 0 Å². The van der Waals surface area contributed by atoms with Gasteiger partial charge in [-0.1, -0.05) is 42.5 Å². The Labute approximate surface area is 157 Å². The molecule has 0 spiro atoms. The van der Waals surface area contributed by atoms with Gasteiger partial charge in [0, 0.05) is 28.3 Å². The summed E-state index contributed by atoms with van der Waals surface area (Å²) in [6.45, 7) is 0. The summed E-state index contributed by atoms with van der Waals surface area (Å²) in [6.07, 6.45) is 1.68. The van der Waals surface area contributed by atoms with Crippen molar-refractivity contribution in [1.29, 1.82) is 0 Å². The summed E-state index contributed by atoms with van der Waals surface area (Å²) in [6, 6.07) is 21.2. The van der Waals surface area contributed by atoms with Crippen LogP contribution < -0.4 is 9.47 Å². The Morgan fingerprint density at radius 2 is 1.30 bits per heavy atom. The van der Waals surface area contributed by atoms with Crippen LogP contribution in [0.25, 0.3) is 33.2 Å². The molecule has 0 fully saturated rings. The fourth-order valence-electron chi connectivity index (χ4n) is 3.39. The van der Waals surface area contributed by atoms with Crippen molar-refractivity contribution in [2.75, 3.05) is 14.2 Å². The van der Waals surface area contributed by atoms with Crippen LogP contribution in [0.2, 0.25) is 0 Å². The number of para-hydroxylation sites is 2. The maximum Gasteiger partial charge on any atom is 0.149 e. The van der Waals surface area contributed by atoms with Crippen molar-refractivity contribution in [2.24, 2.45) is 0 Å². The van der Waals surface area contributed by atoms with E-state index in [2.05, 4.69) is 4.98 Å². The highest BCUT2D eigenvalue weighted by Gasteiger charge is 2.18. The van der Waals surface area contributed by atoms with Crippen molar-refractivity contribution in [3.05, 3.63) is 72.9 Å². The lowest BCUT2D eigenvalue weighted by atomic mass is 9.93. The summed E-state index contributed by atoms with van der Waals surface area (Å²) < 4.78 is 11.1. The molecule has 1 N–H and O–H groups in total. The van der Waals surface area contributed by atoms with Crippen molar-refractivity contribution >= 4 is 10.9 Å². The van der Waals surface area contributed by atoms with Gasteiger partial charge in [-0.15, -0.1) is 0 Å². The smallest absolute Gasteiger partial charge is 0.149 e. The minimum absolute atomic E-state index is 0.133. The largest absolute Gasteiger partial charge is 0.505 e. The molecule has 4 rings (SSSR count). The summed E-state index contributed by atoms with van der Waals surface area (Å²) in [4.78, 5) is 4.43. The molecule has 0 atom stereocenters. The van der Waals surface area contributed by atoms with Gasteiger partial charge < -0.3 is 14.6 Å². The van der Waals surface area contributed by atoms with Gasteiger partial charge in [0.05, 0.1) is 14.2 Å². The minimum atomic E-state index is 0.133. The molecule has 1 aromatic heterocycles. The van der Waals surface area contributed by atoms with Crippen LogP contribution in [0.5, 0.6) is 17.2 Å². The summed E-state index contributed by atoms with van der Waals surface area (Å²) in [5.41, 5.74) is 3.89. The monoisotopic (exact) mass is 357 g/mol. The Bertz CT molecular complexity index is 1120.